The van der Waals surface area contributed by atoms with Gasteiger partial charge in [0.05, 0.1) is 10.5 Å². The van der Waals surface area contributed by atoms with E-state index in [-0.39, 0.29) is 17.0 Å². The lowest BCUT2D eigenvalue weighted by atomic mass is 10.2. The summed E-state index contributed by atoms with van der Waals surface area (Å²) >= 11 is 1.17. The van der Waals surface area contributed by atoms with Crippen LogP contribution in [-0.2, 0) is 14.8 Å². The molecule has 0 radical (unpaired) electrons. The highest BCUT2D eigenvalue weighted by Gasteiger charge is 2.39. The topological polar surface area (TPSA) is 110 Å². The first-order valence-electron chi connectivity index (χ1n) is 8.07. The fourth-order valence-corrected chi connectivity index (χ4v) is 5.38. The summed E-state index contributed by atoms with van der Waals surface area (Å²) in [6.45, 7) is 2.15. The van der Waals surface area contributed by atoms with E-state index in [9.17, 15) is 18.0 Å². The van der Waals surface area contributed by atoms with Crippen LogP contribution in [0, 0.1) is 6.92 Å². The van der Waals surface area contributed by atoms with E-state index < -0.39 is 27.9 Å². The van der Waals surface area contributed by atoms with E-state index in [2.05, 4.69) is 5.32 Å². The second kappa shape index (κ2) is 7.18. The van der Waals surface area contributed by atoms with E-state index >= 15 is 0 Å². The van der Waals surface area contributed by atoms with Crippen LogP contribution in [0.25, 0.3) is 0 Å². The van der Waals surface area contributed by atoms with Crippen molar-refractivity contribution in [2.45, 2.75) is 30.7 Å². The minimum absolute atomic E-state index is 0.164. The Labute approximate surface area is 155 Å². The molecule has 1 aliphatic heterocycles. The second-order valence-electron chi connectivity index (χ2n) is 6.10. The molecule has 9 heteroatoms. The van der Waals surface area contributed by atoms with Crippen LogP contribution in [0.1, 0.15) is 28.8 Å². The zero-order valence-electron chi connectivity index (χ0n) is 14.1. The van der Waals surface area contributed by atoms with Crippen LogP contribution in [-0.4, -0.2) is 37.1 Å². The van der Waals surface area contributed by atoms with Crippen LogP contribution < -0.4 is 11.1 Å². The maximum Gasteiger partial charge on any atom is 0.251 e. The van der Waals surface area contributed by atoms with Gasteiger partial charge in [-0.15, -0.1) is 11.3 Å². The molecule has 1 saturated heterocycles. The van der Waals surface area contributed by atoms with Crippen molar-refractivity contribution in [2.24, 2.45) is 5.73 Å². The Hall–Kier alpha value is -2.23. The molecule has 0 bridgehead atoms. The maximum absolute atomic E-state index is 12.9. The van der Waals surface area contributed by atoms with Gasteiger partial charge in [0.25, 0.3) is 5.91 Å². The zero-order valence-corrected chi connectivity index (χ0v) is 15.8. The summed E-state index contributed by atoms with van der Waals surface area (Å²) in [6, 6.07) is 7.25. The van der Waals surface area contributed by atoms with Crippen molar-refractivity contribution in [3.05, 3.63) is 46.8 Å². The Bertz CT molecular complexity index is 935. The van der Waals surface area contributed by atoms with Gasteiger partial charge in [-0.3, -0.25) is 9.59 Å². The molecule has 1 aliphatic rings. The first kappa shape index (κ1) is 18.6. The van der Waals surface area contributed by atoms with Crippen molar-refractivity contribution in [1.82, 2.24) is 4.31 Å². The van der Waals surface area contributed by atoms with E-state index in [1.807, 2.05) is 6.92 Å². The van der Waals surface area contributed by atoms with Gasteiger partial charge in [0, 0.05) is 6.54 Å². The van der Waals surface area contributed by atoms with Crippen LogP contribution in [0.3, 0.4) is 0 Å². The molecule has 1 unspecified atom stereocenters. The van der Waals surface area contributed by atoms with Gasteiger partial charge in [-0.1, -0.05) is 17.7 Å². The van der Waals surface area contributed by atoms with E-state index in [0.29, 0.717) is 17.8 Å². The third kappa shape index (κ3) is 3.50. The summed E-state index contributed by atoms with van der Waals surface area (Å²) in [5.74, 6) is -1.10. The first-order chi connectivity index (χ1) is 12.3. The zero-order chi connectivity index (χ0) is 18.9. The molecular weight excluding hydrogens is 374 g/mol. The van der Waals surface area contributed by atoms with Crippen LogP contribution in [0.2, 0.25) is 0 Å². The summed E-state index contributed by atoms with van der Waals surface area (Å²) in [5, 5.41) is 4.63. The van der Waals surface area contributed by atoms with Crippen molar-refractivity contribution >= 4 is 38.2 Å². The first-order valence-corrected chi connectivity index (χ1v) is 10.4. The van der Waals surface area contributed by atoms with Gasteiger partial charge in [0.15, 0.2) is 0 Å². The van der Waals surface area contributed by atoms with Crippen LogP contribution in [0.15, 0.2) is 40.6 Å². The van der Waals surface area contributed by atoms with Gasteiger partial charge in [-0.2, -0.15) is 4.31 Å². The number of anilines is 1. The van der Waals surface area contributed by atoms with E-state index in [1.54, 1.807) is 29.6 Å². The lowest BCUT2D eigenvalue weighted by Crippen LogP contribution is -2.43. The summed E-state index contributed by atoms with van der Waals surface area (Å²) in [6.07, 6.45) is 1.02. The lowest BCUT2D eigenvalue weighted by molar-refractivity contribution is -0.119. The van der Waals surface area contributed by atoms with Gasteiger partial charge in [0.2, 0.25) is 15.9 Å². The molecule has 1 fully saturated rings. The Balaban J connectivity index is 1.83. The summed E-state index contributed by atoms with van der Waals surface area (Å²) in [7, 11) is -3.77. The van der Waals surface area contributed by atoms with Crippen LogP contribution >= 0.6 is 11.3 Å². The molecular formula is C17H19N3O4S2. The number of thiophene rings is 1. The minimum Gasteiger partial charge on any atom is -0.366 e. The second-order valence-corrected chi connectivity index (χ2v) is 8.91. The van der Waals surface area contributed by atoms with Gasteiger partial charge in [-0.25, -0.2) is 8.42 Å². The standard InChI is InChI=1S/C17H19N3O4S2/c1-11-4-6-12(7-5-11)26(23,24)20-9-2-3-14(20)16(22)19-17-13(15(18)21)8-10-25-17/h4-8,10,14H,2-3,9H2,1H3,(H2,18,21)(H,19,22). The predicted octanol–water partition coefficient (Wildman–Crippen LogP) is 1.95. The highest BCUT2D eigenvalue weighted by atomic mass is 32.2. The number of rotatable bonds is 5. The van der Waals surface area contributed by atoms with E-state index in [0.717, 1.165) is 5.56 Å². The molecule has 3 rings (SSSR count). The molecule has 1 aromatic heterocycles. The Kier molecular flexibility index (Phi) is 5.12. The highest BCUT2D eigenvalue weighted by molar-refractivity contribution is 7.89. The maximum atomic E-state index is 12.9. The third-order valence-electron chi connectivity index (χ3n) is 4.30. The molecule has 0 saturated carbocycles. The number of aryl methyl sites for hydroxylation is 1. The molecule has 7 nitrogen and oxygen atoms in total. The number of amides is 2. The van der Waals surface area contributed by atoms with Crippen molar-refractivity contribution in [3.63, 3.8) is 0 Å². The predicted molar refractivity (Wildman–Crippen MR) is 99.6 cm³/mol. The number of hydrogen-bond donors (Lipinski definition) is 2. The monoisotopic (exact) mass is 393 g/mol. The van der Waals surface area contributed by atoms with Gasteiger partial charge in [-0.05, 0) is 43.3 Å². The van der Waals surface area contributed by atoms with Crippen molar-refractivity contribution in [2.75, 3.05) is 11.9 Å². The van der Waals surface area contributed by atoms with Gasteiger partial charge < -0.3 is 11.1 Å². The van der Waals surface area contributed by atoms with Crippen LogP contribution in [0.5, 0.6) is 0 Å². The molecule has 2 heterocycles. The molecule has 0 aliphatic carbocycles. The highest BCUT2D eigenvalue weighted by Crippen LogP contribution is 2.29. The molecule has 2 aromatic rings. The average Bonchev–Trinajstić information content (AvgIpc) is 3.24. The number of sulfonamides is 1. The number of carbonyl (C=O) groups excluding carboxylic acids is 2. The van der Waals surface area contributed by atoms with Crippen molar-refractivity contribution < 1.29 is 18.0 Å². The fraction of sp³-hybridized carbons (Fsp3) is 0.294. The summed E-state index contributed by atoms with van der Waals surface area (Å²) in [4.78, 5) is 24.2. The molecule has 3 N–H and O–H groups in total. The number of benzene rings is 1. The largest absolute Gasteiger partial charge is 0.366 e. The van der Waals surface area contributed by atoms with Crippen molar-refractivity contribution in [1.29, 1.82) is 0 Å². The normalized spacial score (nSPS) is 18.0. The lowest BCUT2D eigenvalue weighted by Gasteiger charge is -2.23. The average molecular weight is 393 g/mol. The SMILES string of the molecule is Cc1ccc(S(=O)(=O)N2CCCC2C(=O)Nc2sccc2C(N)=O)cc1. The molecule has 138 valence electrons. The van der Waals surface area contributed by atoms with Gasteiger partial charge >= 0.3 is 0 Å². The number of hydrogen-bond acceptors (Lipinski definition) is 5. The van der Waals surface area contributed by atoms with E-state index in [1.165, 1.54) is 21.7 Å². The Morgan fingerprint density at radius 2 is 1.92 bits per heavy atom. The smallest absolute Gasteiger partial charge is 0.251 e. The number of nitrogens with one attached hydrogen (secondary N) is 1. The number of nitrogens with zero attached hydrogens (tertiary/aromatic N) is 1. The third-order valence-corrected chi connectivity index (χ3v) is 7.05. The Morgan fingerprint density at radius 1 is 1.23 bits per heavy atom. The Morgan fingerprint density at radius 3 is 2.58 bits per heavy atom. The molecule has 2 amide bonds. The minimum atomic E-state index is -3.77. The van der Waals surface area contributed by atoms with E-state index in [4.69, 9.17) is 5.73 Å². The molecule has 26 heavy (non-hydrogen) atoms. The van der Waals surface area contributed by atoms with Crippen LogP contribution in [0.4, 0.5) is 5.00 Å². The fourth-order valence-electron chi connectivity index (χ4n) is 2.93. The number of nitrogens with two attached hydrogens (primary N) is 1. The number of primary amides is 1. The van der Waals surface area contributed by atoms with Gasteiger partial charge in [0.1, 0.15) is 11.0 Å². The van der Waals surface area contributed by atoms with Crippen molar-refractivity contribution in [3.8, 4) is 0 Å². The molecule has 0 spiro atoms. The molecule has 1 atom stereocenters. The molecule has 1 aromatic carbocycles. The quantitative estimate of drug-likeness (QED) is 0.809. The number of carbonyl (C=O) groups is 2. The summed E-state index contributed by atoms with van der Waals surface area (Å²) < 4.78 is 27.1. The summed E-state index contributed by atoms with van der Waals surface area (Å²) in [5.41, 5.74) is 6.45.